The quantitative estimate of drug-likeness (QED) is 0.753. The van der Waals surface area contributed by atoms with Crippen molar-refractivity contribution in [3.8, 4) is 11.8 Å². The Morgan fingerprint density at radius 1 is 1.12 bits per heavy atom. The number of hydrogen-bond donors (Lipinski definition) is 0. The van der Waals surface area contributed by atoms with Crippen molar-refractivity contribution in [3.63, 3.8) is 0 Å². The number of pyridine rings is 1. The standard InChI is InChI=1S/C18H14F2N2O2/c1-18(2)11-22(17(23)24-18)16-8-6-13(10-21-16)4-3-12-5-7-14(19)15(20)9-12/h5-10H,11H2,1-2H3. The average Bonchev–Trinajstić information content (AvgIpc) is 2.82. The van der Waals surface area contributed by atoms with E-state index < -0.39 is 23.3 Å². The van der Waals surface area contributed by atoms with E-state index in [1.165, 1.54) is 17.2 Å². The van der Waals surface area contributed by atoms with Crippen LogP contribution in [0.4, 0.5) is 19.4 Å². The topological polar surface area (TPSA) is 42.4 Å². The van der Waals surface area contributed by atoms with Gasteiger partial charge in [-0.15, -0.1) is 0 Å². The summed E-state index contributed by atoms with van der Waals surface area (Å²) in [6.07, 6.45) is 1.08. The minimum absolute atomic E-state index is 0.364. The molecule has 2 heterocycles. The summed E-state index contributed by atoms with van der Waals surface area (Å²) in [5.74, 6) is 4.18. The zero-order valence-electron chi connectivity index (χ0n) is 13.1. The minimum atomic E-state index is -0.939. The number of rotatable bonds is 1. The van der Waals surface area contributed by atoms with Crippen molar-refractivity contribution in [3.05, 3.63) is 59.3 Å². The van der Waals surface area contributed by atoms with Crippen LogP contribution in [0.25, 0.3) is 0 Å². The van der Waals surface area contributed by atoms with E-state index in [2.05, 4.69) is 16.8 Å². The van der Waals surface area contributed by atoms with E-state index in [-0.39, 0.29) is 0 Å². The molecule has 1 saturated heterocycles. The van der Waals surface area contributed by atoms with Crippen LogP contribution in [0.3, 0.4) is 0 Å². The van der Waals surface area contributed by atoms with E-state index in [1.807, 2.05) is 13.8 Å². The van der Waals surface area contributed by atoms with Crippen LogP contribution in [0, 0.1) is 23.5 Å². The van der Waals surface area contributed by atoms with Gasteiger partial charge in [-0.25, -0.2) is 18.6 Å². The molecule has 0 atom stereocenters. The molecule has 0 N–H and O–H groups in total. The van der Waals surface area contributed by atoms with E-state index >= 15 is 0 Å². The largest absolute Gasteiger partial charge is 0.441 e. The van der Waals surface area contributed by atoms with Crippen LogP contribution in [0.1, 0.15) is 25.0 Å². The van der Waals surface area contributed by atoms with Crippen molar-refractivity contribution < 1.29 is 18.3 Å². The average molecular weight is 328 g/mol. The summed E-state index contributed by atoms with van der Waals surface area (Å²) in [6, 6.07) is 6.83. The third kappa shape index (κ3) is 3.35. The van der Waals surface area contributed by atoms with Gasteiger partial charge in [0.05, 0.1) is 6.54 Å². The Morgan fingerprint density at radius 2 is 1.83 bits per heavy atom. The third-order valence-corrected chi connectivity index (χ3v) is 3.42. The Hall–Kier alpha value is -2.94. The molecule has 122 valence electrons. The zero-order chi connectivity index (χ0) is 17.3. The molecule has 0 radical (unpaired) electrons. The van der Waals surface area contributed by atoms with Crippen molar-refractivity contribution in [1.29, 1.82) is 0 Å². The van der Waals surface area contributed by atoms with Crippen LogP contribution in [-0.4, -0.2) is 23.2 Å². The number of carbonyl (C=O) groups is 1. The summed E-state index contributed by atoms with van der Waals surface area (Å²) in [7, 11) is 0. The molecule has 1 amide bonds. The van der Waals surface area contributed by atoms with Crippen LogP contribution in [-0.2, 0) is 4.74 Å². The number of aromatic nitrogens is 1. The predicted octanol–water partition coefficient (Wildman–Crippen LogP) is 3.49. The molecule has 1 fully saturated rings. The lowest BCUT2D eigenvalue weighted by Crippen LogP contribution is -2.28. The van der Waals surface area contributed by atoms with Crippen LogP contribution < -0.4 is 4.90 Å². The van der Waals surface area contributed by atoms with Crippen LogP contribution in [0.2, 0.25) is 0 Å². The smallest absolute Gasteiger partial charge is 0.416 e. The summed E-state index contributed by atoms with van der Waals surface area (Å²) in [4.78, 5) is 17.5. The highest BCUT2D eigenvalue weighted by atomic mass is 19.2. The van der Waals surface area contributed by atoms with E-state index in [9.17, 15) is 13.6 Å². The first kappa shape index (κ1) is 15.9. The summed E-state index contributed by atoms with van der Waals surface area (Å²) in [6.45, 7) is 4.07. The monoisotopic (exact) mass is 328 g/mol. The summed E-state index contributed by atoms with van der Waals surface area (Å²) in [5, 5.41) is 0. The second-order valence-electron chi connectivity index (χ2n) is 6.00. The normalized spacial score (nSPS) is 15.7. The Morgan fingerprint density at radius 3 is 2.42 bits per heavy atom. The van der Waals surface area contributed by atoms with Gasteiger partial charge in [-0.2, -0.15) is 0 Å². The number of ether oxygens (including phenoxy) is 1. The van der Waals surface area contributed by atoms with Crippen LogP contribution in [0.5, 0.6) is 0 Å². The van der Waals surface area contributed by atoms with Crippen LogP contribution in [0.15, 0.2) is 36.5 Å². The van der Waals surface area contributed by atoms with Gasteiger partial charge >= 0.3 is 6.09 Å². The molecule has 1 aromatic heterocycles. The molecular formula is C18H14F2N2O2. The first-order valence-corrected chi connectivity index (χ1v) is 7.28. The van der Waals surface area contributed by atoms with Crippen molar-refractivity contribution in [2.45, 2.75) is 19.4 Å². The predicted molar refractivity (Wildman–Crippen MR) is 84.5 cm³/mol. The highest BCUT2D eigenvalue weighted by Gasteiger charge is 2.38. The van der Waals surface area contributed by atoms with Gasteiger partial charge in [-0.3, -0.25) is 4.90 Å². The number of benzene rings is 1. The molecule has 0 bridgehead atoms. The van der Waals surface area contributed by atoms with Gasteiger partial charge < -0.3 is 4.74 Å². The van der Waals surface area contributed by atoms with E-state index in [1.54, 1.807) is 12.1 Å². The molecule has 0 unspecified atom stereocenters. The number of carbonyl (C=O) groups excluding carboxylic acids is 1. The minimum Gasteiger partial charge on any atom is -0.441 e. The second kappa shape index (κ2) is 5.93. The molecule has 1 aliphatic rings. The molecule has 0 aliphatic carbocycles. The first-order chi connectivity index (χ1) is 11.3. The van der Waals surface area contributed by atoms with Gasteiger partial charge in [-0.1, -0.05) is 11.8 Å². The Bertz CT molecular complexity index is 852. The van der Waals surface area contributed by atoms with Gasteiger partial charge in [0.2, 0.25) is 0 Å². The van der Waals surface area contributed by atoms with Crippen molar-refractivity contribution in [1.82, 2.24) is 4.98 Å². The number of nitrogens with zero attached hydrogens (tertiary/aromatic N) is 2. The number of hydrogen-bond acceptors (Lipinski definition) is 3. The fourth-order valence-electron chi connectivity index (χ4n) is 2.28. The molecule has 6 heteroatoms. The van der Waals surface area contributed by atoms with Gasteiger partial charge in [0.1, 0.15) is 11.4 Å². The van der Waals surface area contributed by atoms with E-state index in [0.29, 0.717) is 23.5 Å². The molecule has 24 heavy (non-hydrogen) atoms. The highest BCUT2D eigenvalue weighted by molar-refractivity contribution is 5.89. The van der Waals surface area contributed by atoms with Crippen LogP contribution >= 0.6 is 0 Å². The van der Waals surface area contributed by atoms with Gasteiger partial charge in [0.25, 0.3) is 0 Å². The third-order valence-electron chi connectivity index (χ3n) is 3.42. The Labute approximate surface area is 138 Å². The van der Waals surface area contributed by atoms with Crippen molar-refractivity contribution in [2.75, 3.05) is 11.4 Å². The number of anilines is 1. The van der Waals surface area contributed by atoms with Crippen molar-refractivity contribution in [2.24, 2.45) is 0 Å². The summed E-state index contributed by atoms with van der Waals surface area (Å²) in [5.41, 5.74) is 0.405. The zero-order valence-corrected chi connectivity index (χ0v) is 13.1. The SMILES string of the molecule is CC1(C)CN(c2ccc(C#Cc3ccc(F)c(F)c3)cn2)C(=O)O1. The maximum absolute atomic E-state index is 13.1. The molecular weight excluding hydrogens is 314 g/mol. The van der Waals surface area contributed by atoms with E-state index in [0.717, 1.165) is 12.1 Å². The lowest BCUT2D eigenvalue weighted by Gasteiger charge is -2.14. The maximum Gasteiger partial charge on any atom is 0.416 e. The molecule has 1 aromatic carbocycles. The fraction of sp³-hybridized carbons (Fsp3) is 0.222. The molecule has 2 aromatic rings. The van der Waals surface area contributed by atoms with Gasteiger partial charge in [0, 0.05) is 17.3 Å². The lowest BCUT2D eigenvalue weighted by atomic mass is 10.1. The fourth-order valence-corrected chi connectivity index (χ4v) is 2.28. The first-order valence-electron chi connectivity index (χ1n) is 7.28. The van der Waals surface area contributed by atoms with Gasteiger partial charge in [-0.05, 0) is 44.2 Å². The number of cyclic esters (lactones) is 1. The molecule has 0 saturated carbocycles. The van der Waals surface area contributed by atoms with Crippen molar-refractivity contribution >= 4 is 11.9 Å². The number of halogens is 2. The maximum atomic E-state index is 13.1. The van der Waals surface area contributed by atoms with E-state index in [4.69, 9.17) is 4.74 Å². The summed E-state index contributed by atoms with van der Waals surface area (Å²) >= 11 is 0. The summed E-state index contributed by atoms with van der Waals surface area (Å²) < 4.78 is 31.2. The Kier molecular flexibility index (Phi) is 3.94. The Balaban J connectivity index is 1.77. The molecule has 0 spiro atoms. The number of amides is 1. The molecule has 4 nitrogen and oxygen atoms in total. The molecule has 3 rings (SSSR count). The van der Waals surface area contributed by atoms with Gasteiger partial charge in [0.15, 0.2) is 11.6 Å². The second-order valence-corrected chi connectivity index (χ2v) is 6.00. The molecule has 1 aliphatic heterocycles. The highest BCUT2D eigenvalue weighted by Crippen LogP contribution is 2.25. The lowest BCUT2D eigenvalue weighted by molar-refractivity contribution is 0.0871.